The number of aryl methyl sites for hydroxylation is 1. The van der Waals surface area contributed by atoms with E-state index in [0.29, 0.717) is 0 Å². The summed E-state index contributed by atoms with van der Waals surface area (Å²) in [6.45, 7) is 36.5. The second-order valence-electron chi connectivity index (χ2n) is 26.0. The van der Waals surface area contributed by atoms with Crippen molar-refractivity contribution in [3.8, 4) is 0 Å². The number of anilines is 6. The molecular formula is C63H69BN2S2. The largest absolute Gasteiger partial charge is 0.311 e. The van der Waals surface area contributed by atoms with Crippen LogP contribution in [0.3, 0.4) is 0 Å². The van der Waals surface area contributed by atoms with Gasteiger partial charge in [-0.25, -0.2) is 0 Å². The molecule has 0 bridgehead atoms. The van der Waals surface area contributed by atoms with Crippen molar-refractivity contribution < 1.29 is 0 Å². The van der Waals surface area contributed by atoms with Gasteiger partial charge in [-0.15, -0.1) is 22.7 Å². The lowest BCUT2D eigenvalue weighted by Crippen LogP contribution is -2.60. The monoisotopic (exact) mass is 928 g/mol. The highest BCUT2D eigenvalue weighted by atomic mass is 32.1. The quantitative estimate of drug-likeness (QED) is 0.159. The summed E-state index contributed by atoms with van der Waals surface area (Å²) >= 11 is 4.03. The highest BCUT2D eigenvalue weighted by Crippen LogP contribution is 2.56. The Bertz CT molecular complexity index is 3470. The molecule has 0 unspecified atom stereocenters. The van der Waals surface area contributed by atoms with Crippen molar-refractivity contribution in [1.29, 1.82) is 0 Å². The molecule has 0 amide bonds. The summed E-state index contributed by atoms with van der Waals surface area (Å²) in [6.07, 6.45) is 4.79. The van der Waals surface area contributed by atoms with Gasteiger partial charge in [-0.1, -0.05) is 139 Å². The predicted octanol–water partition coefficient (Wildman–Crippen LogP) is 17.0. The van der Waals surface area contributed by atoms with Crippen molar-refractivity contribution in [3.05, 3.63) is 136 Å². The number of hydrogen-bond donors (Lipinski definition) is 0. The number of benzene rings is 6. The zero-order chi connectivity index (χ0) is 48.0. The van der Waals surface area contributed by atoms with Gasteiger partial charge in [0.15, 0.2) is 0 Å². The fourth-order valence-corrected chi connectivity index (χ4v) is 15.8. The van der Waals surface area contributed by atoms with Crippen molar-refractivity contribution in [2.45, 2.75) is 162 Å². The maximum absolute atomic E-state index is 2.75. The molecule has 0 spiro atoms. The third-order valence-electron chi connectivity index (χ3n) is 17.3. The fraction of sp³-hybridized carbons (Fsp3) is 0.397. The van der Waals surface area contributed by atoms with Gasteiger partial charge in [0.1, 0.15) is 0 Å². The molecule has 346 valence electrons. The topological polar surface area (TPSA) is 6.48 Å². The highest BCUT2D eigenvalue weighted by molar-refractivity contribution is 7.33. The molecule has 68 heavy (non-hydrogen) atoms. The molecule has 5 heteroatoms. The molecule has 0 saturated heterocycles. The van der Waals surface area contributed by atoms with E-state index in [2.05, 4.69) is 222 Å². The summed E-state index contributed by atoms with van der Waals surface area (Å²) in [6, 6.07) is 39.5. The van der Waals surface area contributed by atoms with Gasteiger partial charge in [0.2, 0.25) is 0 Å². The Morgan fingerprint density at radius 1 is 0.515 bits per heavy atom. The SMILES string of the molecule is Cc1cc2c3c(c1)N(c1ccc(C(C)(C)C)c4sc5ccccc5c14)c1ccc(C(C)(C)C)cc1B3c1sc3cc4c(cc3c1N2c1ccc2c(c1)C(C)(C)CCC2(C)C)C(C)(C)CCC4(C)C. The second-order valence-corrected chi connectivity index (χ2v) is 28.1. The minimum Gasteiger partial charge on any atom is -0.311 e. The van der Waals surface area contributed by atoms with E-state index in [9.17, 15) is 0 Å². The predicted molar refractivity (Wildman–Crippen MR) is 301 cm³/mol. The normalized spacial score (nSPS) is 18.7. The summed E-state index contributed by atoms with van der Waals surface area (Å²) in [5.74, 6) is 0. The Balaban J connectivity index is 1.23. The van der Waals surface area contributed by atoms with E-state index >= 15 is 0 Å². The Hall–Kier alpha value is -4.84. The molecule has 12 rings (SSSR count). The lowest BCUT2D eigenvalue weighted by molar-refractivity contribution is 0.332. The van der Waals surface area contributed by atoms with Crippen LogP contribution in [-0.2, 0) is 32.5 Å². The van der Waals surface area contributed by atoms with E-state index in [1.54, 1.807) is 0 Å². The van der Waals surface area contributed by atoms with Crippen LogP contribution in [0.1, 0.15) is 162 Å². The van der Waals surface area contributed by atoms with E-state index in [4.69, 9.17) is 0 Å². The molecule has 0 fully saturated rings. The first kappa shape index (κ1) is 44.4. The van der Waals surface area contributed by atoms with Crippen molar-refractivity contribution in [3.63, 3.8) is 0 Å². The first-order valence-corrected chi connectivity index (χ1v) is 27.1. The maximum atomic E-state index is 2.75. The Morgan fingerprint density at radius 2 is 1.12 bits per heavy atom. The van der Waals surface area contributed by atoms with Gasteiger partial charge in [-0.3, -0.25) is 0 Å². The van der Waals surface area contributed by atoms with Crippen LogP contribution in [0.15, 0.2) is 97.1 Å². The van der Waals surface area contributed by atoms with Gasteiger partial charge in [0, 0.05) is 57.8 Å². The third kappa shape index (κ3) is 6.32. The van der Waals surface area contributed by atoms with Crippen molar-refractivity contribution in [2.75, 3.05) is 9.80 Å². The van der Waals surface area contributed by atoms with Gasteiger partial charge >= 0.3 is 0 Å². The van der Waals surface area contributed by atoms with Crippen LogP contribution in [0, 0.1) is 6.92 Å². The molecule has 0 radical (unpaired) electrons. The standard InChI is InChI=1S/C63H69BN2S2/c1-36-30-49-54-50(31-36)66(48-25-23-42(59(5,6)7)56-53(48)39-18-16-17-19-51(39)67-56)47-24-20-37(58(2,3)4)32-46(47)64(54)57-55(40-34-44-45(35-52(40)68-57)63(14,15)29-28-62(44,12)13)65(49)38-21-22-41-43(33-38)61(10,11)27-26-60(41,8)9/h16-25,30-35H,26-29H2,1-15H3. The first-order chi connectivity index (χ1) is 31.9. The fourth-order valence-electron chi connectivity index (χ4n) is 13.0. The maximum Gasteiger partial charge on any atom is 0.264 e. The summed E-state index contributed by atoms with van der Waals surface area (Å²) in [7, 11) is 0. The smallest absolute Gasteiger partial charge is 0.264 e. The molecule has 2 aromatic heterocycles. The van der Waals surface area contributed by atoms with Crippen LogP contribution in [0.4, 0.5) is 34.1 Å². The third-order valence-corrected chi connectivity index (χ3v) is 19.7. The molecule has 4 aliphatic rings. The number of hydrogen-bond acceptors (Lipinski definition) is 4. The van der Waals surface area contributed by atoms with Gasteiger partial charge < -0.3 is 9.80 Å². The first-order valence-electron chi connectivity index (χ1n) is 25.5. The lowest BCUT2D eigenvalue weighted by atomic mass is 9.36. The average Bonchev–Trinajstić information content (AvgIpc) is 3.84. The lowest BCUT2D eigenvalue weighted by Gasteiger charge is -2.45. The van der Waals surface area contributed by atoms with Crippen molar-refractivity contribution in [2.24, 2.45) is 0 Å². The van der Waals surface area contributed by atoms with Crippen LogP contribution in [0.2, 0.25) is 0 Å². The van der Waals surface area contributed by atoms with Gasteiger partial charge in [-0.05, 0) is 170 Å². The van der Waals surface area contributed by atoms with E-state index in [0.717, 1.165) is 0 Å². The molecule has 0 atom stereocenters. The number of fused-ring (bicyclic) bond motifs is 11. The molecule has 8 aromatic rings. The molecule has 2 nitrogen and oxygen atoms in total. The molecular weight excluding hydrogens is 860 g/mol. The van der Waals surface area contributed by atoms with E-state index in [-0.39, 0.29) is 39.2 Å². The molecule has 0 saturated carbocycles. The highest BCUT2D eigenvalue weighted by Gasteiger charge is 2.48. The Morgan fingerprint density at radius 3 is 1.78 bits per heavy atom. The number of nitrogens with zero attached hydrogens (tertiary/aromatic N) is 2. The zero-order valence-electron chi connectivity index (χ0n) is 43.4. The Kier molecular flexibility index (Phi) is 9.24. The minimum atomic E-state index is -0.0228. The van der Waals surface area contributed by atoms with E-state index in [1.165, 1.54) is 145 Å². The summed E-state index contributed by atoms with van der Waals surface area (Å²) in [5.41, 5.74) is 21.2. The molecule has 2 aliphatic carbocycles. The Labute approximate surface area is 414 Å². The summed E-state index contributed by atoms with van der Waals surface area (Å²) in [5, 5.41) is 4.11. The van der Waals surface area contributed by atoms with Crippen LogP contribution >= 0.6 is 22.7 Å². The summed E-state index contributed by atoms with van der Waals surface area (Å²) in [4.78, 5) is 5.44. The van der Waals surface area contributed by atoms with Gasteiger partial charge in [-0.2, -0.15) is 0 Å². The molecule has 2 aliphatic heterocycles. The number of rotatable bonds is 2. The molecule has 4 heterocycles. The van der Waals surface area contributed by atoms with Crippen LogP contribution < -0.4 is 25.5 Å². The molecule has 0 N–H and O–H groups in total. The van der Waals surface area contributed by atoms with Crippen LogP contribution in [0.25, 0.3) is 30.3 Å². The second kappa shape index (κ2) is 14.2. The van der Waals surface area contributed by atoms with E-state index < -0.39 is 0 Å². The minimum absolute atomic E-state index is 0.00690. The zero-order valence-corrected chi connectivity index (χ0v) is 45.0. The van der Waals surface area contributed by atoms with Crippen molar-refractivity contribution in [1.82, 2.24) is 0 Å². The average molecular weight is 929 g/mol. The van der Waals surface area contributed by atoms with Crippen molar-refractivity contribution >= 4 is 109 Å². The van der Waals surface area contributed by atoms with E-state index in [1.807, 2.05) is 11.3 Å². The molecule has 6 aromatic carbocycles. The summed E-state index contributed by atoms with van der Waals surface area (Å²) < 4.78 is 5.62. The van der Waals surface area contributed by atoms with Gasteiger partial charge in [0.25, 0.3) is 6.71 Å². The van der Waals surface area contributed by atoms with Crippen LogP contribution in [0.5, 0.6) is 0 Å². The van der Waals surface area contributed by atoms with Gasteiger partial charge in [0.05, 0.1) is 11.4 Å². The van der Waals surface area contributed by atoms with Crippen LogP contribution in [-0.4, -0.2) is 6.71 Å². The number of thiophene rings is 2.